The summed E-state index contributed by atoms with van der Waals surface area (Å²) in [6.07, 6.45) is 11.4. The van der Waals surface area contributed by atoms with Crippen LogP contribution in [0.25, 0.3) is 6.08 Å². The molecule has 4 aliphatic rings. The third-order valence-corrected chi connectivity index (χ3v) is 5.74. The first kappa shape index (κ1) is 16.7. The van der Waals surface area contributed by atoms with E-state index >= 15 is 0 Å². The van der Waals surface area contributed by atoms with Gasteiger partial charge in [-0.15, -0.1) is 0 Å². The Bertz CT molecular complexity index is 908. The number of fused-ring (bicyclic) bond motifs is 5. The number of amidine groups is 1. The Morgan fingerprint density at radius 3 is 2.78 bits per heavy atom. The summed E-state index contributed by atoms with van der Waals surface area (Å²) in [6.45, 7) is 5.40. The Kier molecular flexibility index (Phi) is 3.58. The van der Waals surface area contributed by atoms with E-state index in [2.05, 4.69) is 40.2 Å². The lowest BCUT2D eigenvalue weighted by Crippen LogP contribution is -2.45. The molecule has 0 bridgehead atoms. The van der Waals surface area contributed by atoms with E-state index < -0.39 is 5.60 Å². The summed E-state index contributed by atoms with van der Waals surface area (Å²) in [7, 11) is 0. The Morgan fingerprint density at radius 1 is 1.22 bits per heavy atom. The van der Waals surface area contributed by atoms with Crippen molar-refractivity contribution in [1.29, 1.82) is 0 Å². The van der Waals surface area contributed by atoms with Crippen molar-refractivity contribution in [3.05, 3.63) is 47.6 Å². The summed E-state index contributed by atoms with van der Waals surface area (Å²) in [5, 5.41) is 10.8. The Balaban J connectivity index is 1.64. The summed E-state index contributed by atoms with van der Waals surface area (Å²) in [4.78, 5) is 14.4. The van der Waals surface area contributed by atoms with Crippen LogP contribution in [0.5, 0.6) is 0 Å². The minimum absolute atomic E-state index is 0.0485. The van der Waals surface area contributed by atoms with E-state index in [1.165, 1.54) is 0 Å². The number of rotatable bonds is 2. The second-order valence-corrected chi connectivity index (χ2v) is 8.27. The van der Waals surface area contributed by atoms with Crippen LogP contribution in [-0.2, 0) is 0 Å². The minimum atomic E-state index is -0.976. The maximum atomic E-state index is 10.8. The zero-order chi connectivity index (χ0) is 18.8. The van der Waals surface area contributed by atoms with E-state index in [4.69, 9.17) is 15.7 Å². The average molecular weight is 363 g/mol. The number of aromatic nitrogens is 1. The van der Waals surface area contributed by atoms with Crippen molar-refractivity contribution < 1.29 is 5.11 Å². The van der Waals surface area contributed by atoms with Gasteiger partial charge in [0, 0.05) is 30.3 Å². The van der Waals surface area contributed by atoms with Crippen molar-refractivity contribution in [1.82, 2.24) is 4.98 Å². The van der Waals surface area contributed by atoms with Gasteiger partial charge < -0.3 is 20.6 Å². The predicted molar refractivity (Wildman–Crippen MR) is 109 cm³/mol. The number of allylic oxidation sites excluding steroid dienone is 2. The molecule has 1 aromatic rings. The smallest absolute Gasteiger partial charge is 0.144 e. The molecule has 1 aromatic heterocycles. The van der Waals surface area contributed by atoms with Crippen molar-refractivity contribution in [2.45, 2.75) is 44.0 Å². The van der Waals surface area contributed by atoms with Gasteiger partial charge in [0.25, 0.3) is 0 Å². The van der Waals surface area contributed by atoms with Crippen molar-refractivity contribution >= 4 is 23.5 Å². The molecule has 0 radical (unpaired) electrons. The van der Waals surface area contributed by atoms with E-state index in [1.54, 1.807) is 0 Å². The molecule has 1 saturated heterocycles. The normalized spacial score (nSPS) is 28.7. The molecule has 1 aliphatic carbocycles. The fourth-order valence-corrected chi connectivity index (χ4v) is 4.32. The first-order valence-corrected chi connectivity index (χ1v) is 9.60. The molecule has 0 amide bonds. The van der Waals surface area contributed by atoms with Gasteiger partial charge in [0.15, 0.2) is 0 Å². The second kappa shape index (κ2) is 5.78. The molecule has 3 unspecified atom stereocenters. The number of aliphatic hydroxyl groups is 1. The second-order valence-electron chi connectivity index (χ2n) is 8.27. The number of nitrogens with two attached hydrogens (primary N) is 1. The van der Waals surface area contributed by atoms with Crippen molar-refractivity contribution in [2.75, 3.05) is 22.9 Å². The van der Waals surface area contributed by atoms with Gasteiger partial charge in [-0.3, -0.25) is 4.99 Å². The van der Waals surface area contributed by atoms with Gasteiger partial charge in [0.05, 0.1) is 17.7 Å². The van der Waals surface area contributed by atoms with Crippen molar-refractivity contribution in [2.24, 2.45) is 10.7 Å². The van der Waals surface area contributed by atoms with E-state index in [0.29, 0.717) is 0 Å². The molecule has 1 fully saturated rings. The first-order valence-electron chi connectivity index (χ1n) is 9.60. The maximum absolute atomic E-state index is 10.8. The lowest BCUT2D eigenvalue weighted by atomic mass is 9.91. The van der Waals surface area contributed by atoms with Gasteiger partial charge in [-0.1, -0.05) is 24.3 Å². The van der Waals surface area contributed by atoms with Crippen molar-refractivity contribution in [3.63, 3.8) is 0 Å². The number of aliphatic imine (C=N–C) groups is 1. The summed E-state index contributed by atoms with van der Waals surface area (Å²) in [6, 6.07) is 4.51. The van der Waals surface area contributed by atoms with Crippen LogP contribution in [0.4, 0.5) is 11.6 Å². The molecule has 5 rings (SSSR count). The molecule has 6 heteroatoms. The predicted octanol–water partition coefficient (Wildman–Crippen LogP) is 1.87. The molecule has 140 valence electrons. The molecule has 6 nitrogen and oxygen atoms in total. The number of nitrogens with zero attached hydrogens (tertiary/aromatic N) is 4. The lowest BCUT2D eigenvalue weighted by molar-refractivity contribution is 0.127. The van der Waals surface area contributed by atoms with Gasteiger partial charge >= 0.3 is 0 Å². The summed E-state index contributed by atoms with van der Waals surface area (Å²) in [5.74, 6) is 2.69. The van der Waals surface area contributed by atoms with E-state index in [-0.39, 0.29) is 18.1 Å². The van der Waals surface area contributed by atoms with Crippen LogP contribution in [0.3, 0.4) is 0 Å². The standard InChI is InChI=1S/C21H25N5O/c1-21(2,27)15-11-13-7-8-18(25-10-9-14(22)12-25)24-19(13)26-17-6-4-3-5-16(17)23-20(15)26/h3-8,11,14,16-17,27H,9-10,12,22H2,1-2H3. The van der Waals surface area contributed by atoms with Crippen LogP contribution >= 0.6 is 0 Å². The highest BCUT2D eigenvalue weighted by atomic mass is 16.3. The fraction of sp³-hybridized carbons (Fsp3) is 0.429. The zero-order valence-electron chi connectivity index (χ0n) is 15.7. The number of hydrogen-bond acceptors (Lipinski definition) is 6. The van der Waals surface area contributed by atoms with Crippen LogP contribution in [0, 0.1) is 0 Å². The molecular weight excluding hydrogens is 338 g/mol. The van der Waals surface area contributed by atoms with E-state index in [0.717, 1.165) is 48.1 Å². The highest BCUT2D eigenvalue weighted by molar-refractivity contribution is 6.18. The quantitative estimate of drug-likeness (QED) is 0.839. The fourth-order valence-electron chi connectivity index (χ4n) is 4.32. The van der Waals surface area contributed by atoms with Gasteiger partial charge in [0.1, 0.15) is 17.5 Å². The summed E-state index contributed by atoms with van der Waals surface area (Å²) >= 11 is 0. The number of pyridine rings is 1. The Hall–Kier alpha value is -2.44. The van der Waals surface area contributed by atoms with Crippen LogP contribution in [0.1, 0.15) is 25.8 Å². The van der Waals surface area contributed by atoms with E-state index in [9.17, 15) is 5.11 Å². The van der Waals surface area contributed by atoms with Gasteiger partial charge in [-0.25, -0.2) is 4.98 Å². The largest absolute Gasteiger partial charge is 0.386 e. The third kappa shape index (κ3) is 2.63. The molecule has 0 spiro atoms. The summed E-state index contributed by atoms with van der Waals surface area (Å²) < 4.78 is 0. The molecule has 3 aliphatic heterocycles. The average Bonchev–Trinajstić information content (AvgIpc) is 3.23. The van der Waals surface area contributed by atoms with Crippen LogP contribution < -0.4 is 15.5 Å². The Labute approximate surface area is 159 Å². The van der Waals surface area contributed by atoms with Gasteiger partial charge in [-0.2, -0.15) is 0 Å². The lowest BCUT2D eigenvalue weighted by Gasteiger charge is -2.36. The highest BCUT2D eigenvalue weighted by Crippen LogP contribution is 2.40. The topological polar surface area (TPSA) is 78.0 Å². The zero-order valence-corrected chi connectivity index (χ0v) is 15.7. The molecule has 3 N–H and O–H groups in total. The maximum Gasteiger partial charge on any atom is 0.144 e. The molecule has 0 saturated carbocycles. The third-order valence-electron chi connectivity index (χ3n) is 5.74. The number of anilines is 2. The van der Waals surface area contributed by atoms with Gasteiger partial charge in [0.2, 0.25) is 0 Å². The van der Waals surface area contributed by atoms with Crippen molar-refractivity contribution in [3.8, 4) is 0 Å². The van der Waals surface area contributed by atoms with Crippen LogP contribution in [0.2, 0.25) is 0 Å². The molecule has 27 heavy (non-hydrogen) atoms. The SMILES string of the molecule is CC(C)(O)C1=Cc2ccc(N3CCC(N)C3)nc2N2C1=NC1C=CC=CC12. The van der Waals surface area contributed by atoms with Crippen LogP contribution in [0.15, 0.2) is 47.0 Å². The molecular formula is C21H25N5O. The molecule has 4 heterocycles. The minimum Gasteiger partial charge on any atom is -0.386 e. The molecule has 0 aromatic carbocycles. The van der Waals surface area contributed by atoms with Gasteiger partial charge in [-0.05, 0) is 38.5 Å². The van der Waals surface area contributed by atoms with Crippen LogP contribution in [-0.4, -0.2) is 52.7 Å². The monoisotopic (exact) mass is 363 g/mol. The highest BCUT2D eigenvalue weighted by Gasteiger charge is 2.43. The van der Waals surface area contributed by atoms with E-state index in [1.807, 2.05) is 26.0 Å². The number of hydrogen-bond donors (Lipinski definition) is 2. The summed E-state index contributed by atoms with van der Waals surface area (Å²) in [5.41, 5.74) is 6.96. The first-order chi connectivity index (χ1) is 12.9. The molecule has 3 atom stereocenters. The Morgan fingerprint density at radius 2 is 2.04 bits per heavy atom.